The summed E-state index contributed by atoms with van der Waals surface area (Å²) >= 11 is 0. The highest BCUT2D eigenvalue weighted by atomic mass is 16.6. The number of likely N-dealkylation sites (tertiary alicyclic amines) is 1. The van der Waals surface area contributed by atoms with Crippen LogP contribution in [0.5, 0.6) is 5.75 Å². The minimum absolute atomic E-state index is 0.0289. The Hall–Kier alpha value is -2.15. The lowest BCUT2D eigenvalue weighted by atomic mass is 10.1. The zero-order chi connectivity index (χ0) is 14.5. The second-order valence-corrected chi connectivity index (χ2v) is 4.72. The first kappa shape index (κ1) is 14.3. The van der Waals surface area contributed by atoms with Crippen molar-refractivity contribution >= 4 is 11.7 Å². The van der Waals surface area contributed by atoms with Crippen LogP contribution in [0.25, 0.3) is 0 Å². The van der Waals surface area contributed by atoms with E-state index >= 15 is 0 Å². The Balaban J connectivity index is 1.73. The van der Waals surface area contributed by atoms with E-state index in [0.717, 1.165) is 6.54 Å². The molecular formula is C13H16N2O5. The highest BCUT2D eigenvalue weighted by molar-refractivity contribution is 5.70. The molecule has 1 fully saturated rings. The number of hydrogen-bond donors (Lipinski definition) is 1. The van der Waals surface area contributed by atoms with Gasteiger partial charge in [0, 0.05) is 25.2 Å². The van der Waals surface area contributed by atoms with Gasteiger partial charge in [-0.25, -0.2) is 0 Å². The molecule has 1 aliphatic rings. The number of carboxylic acid groups (broad SMARTS) is 1. The van der Waals surface area contributed by atoms with Crippen LogP contribution in [-0.2, 0) is 4.79 Å². The van der Waals surface area contributed by atoms with E-state index in [2.05, 4.69) is 0 Å². The summed E-state index contributed by atoms with van der Waals surface area (Å²) in [5.74, 6) is -0.456. The smallest absolute Gasteiger partial charge is 0.307 e. The van der Waals surface area contributed by atoms with Crippen LogP contribution in [0.4, 0.5) is 5.69 Å². The van der Waals surface area contributed by atoms with E-state index in [-0.39, 0.29) is 11.6 Å². The molecule has 0 bridgehead atoms. The van der Waals surface area contributed by atoms with Crippen molar-refractivity contribution in [2.45, 2.75) is 6.42 Å². The van der Waals surface area contributed by atoms with Crippen molar-refractivity contribution in [1.29, 1.82) is 0 Å². The molecule has 0 saturated carbocycles. The minimum Gasteiger partial charge on any atom is -0.492 e. The van der Waals surface area contributed by atoms with E-state index in [4.69, 9.17) is 9.84 Å². The monoisotopic (exact) mass is 280 g/mol. The van der Waals surface area contributed by atoms with Gasteiger partial charge in [-0.1, -0.05) is 0 Å². The fraction of sp³-hybridized carbons (Fsp3) is 0.462. The quantitative estimate of drug-likeness (QED) is 0.625. The standard InChI is InChI=1S/C13H16N2O5/c16-13(17)10-5-6-14(9-10)7-8-20-12-3-1-11(2-4-12)15(18)19/h1-4,10H,5-9H2,(H,16,17). The summed E-state index contributed by atoms with van der Waals surface area (Å²) in [5.41, 5.74) is 0.0289. The molecule has 0 spiro atoms. The zero-order valence-electron chi connectivity index (χ0n) is 10.9. The van der Waals surface area contributed by atoms with Crippen LogP contribution in [0.15, 0.2) is 24.3 Å². The van der Waals surface area contributed by atoms with Gasteiger partial charge in [-0.3, -0.25) is 19.8 Å². The van der Waals surface area contributed by atoms with Gasteiger partial charge in [-0.2, -0.15) is 0 Å². The van der Waals surface area contributed by atoms with Crippen molar-refractivity contribution in [3.63, 3.8) is 0 Å². The predicted molar refractivity (Wildman–Crippen MR) is 70.8 cm³/mol. The molecule has 0 amide bonds. The minimum atomic E-state index is -0.746. The number of nitro benzene ring substituents is 1. The van der Waals surface area contributed by atoms with E-state index < -0.39 is 10.9 Å². The van der Waals surface area contributed by atoms with Crippen LogP contribution in [-0.4, -0.2) is 47.1 Å². The maximum Gasteiger partial charge on any atom is 0.307 e. The molecule has 1 aromatic rings. The summed E-state index contributed by atoms with van der Waals surface area (Å²) in [7, 11) is 0. The average Bonchev–Trinajstić information content (AvgIpc) is 2.88. The van der Waals surface area contributed by atoms with E-state index in [0.29, 0.717) is 31.9 Å². The van der Waals surface area contributed by atoms with Gasteiger partial charge in [0.2, 0.25) is 0 Å². The lowest BCUT2D eigenvalue weighted by molar-refractivity contribution is -0.384. The molecule has 1 heterocycles. The zero-order valence-corrected chi connectivity index (χ0v) is 10.9. The molecule has 20 heavy (non-hydrogen) atoms. The maximum absolute atomic E-state index is 10.8. The molecule has 0 aromatic heterocycles. The van der Waals surface area contributed by atoms with Gasteiger partial charge in [-0.15, -0.1) is 0 Å². The number of carboxylic acids is 1. The first-order chi connectivity index (χ1) is 9.56. The average molecular weight is 280 g/mol. The van der Waals surface area contributed by atoms with Crippen molar-refractivity contribution in [3.8, 4) is 5.75 Å². The van der Waals surface area contributed by atoms with Gasteiger partial charge in [0.15, 0.2) is 0 Å². The molecule has 1 saturated heterocycles. The van der Waals surface area contributed by atoms with Crippen molar-refractivity contribution in [2.24, 2.45) is 5.92 Å². The summed E-state index contributed by atoms with van der Waals surface area (Å²) in [4.78, 5) is 22.9. The second kappa shape index (κ2) is 6.33. The van der Waals surface area contributed by atoms with Gasteiger partial charge < -0.3 is 9.84 Å². The van der Waals surface area contributed by atoms with Gasteiger partial charge in [0.25, 0.3) is 5.69 Å². The van der Waals surface area contributed by atoms with Crippen LogP contribution in [0.2, 0.25) is 0 Å². The largest absolute Gasteiger partial charge is 0.492 e. The third kappa shape index (κ3) is 3.67. The van der Waals surface area contributed by atoms with E-state index in [1.807, 2.05) is 4.90 Å². The summed E-state index contributed by atoms with van der Waals surface area (Å²) < 4.78 is 5.49. The van der Waals surface area contributed by atoms with Crippen LogP contribution < -0.4 is 4.74 Å². The Kier molecular flexibility index (Phi) is 4.52. The number of rotatable bonds is 6. The van der Waals surface area contributed by atoms with Crippen LogP contribution in [0.1, 0.15) is 6.42 Å². The maximum atomic E-state index is 10.8. The Morgan fingerprint density at radius 1 is 1.45 bits per heavy atom. The number of hydrogen-bond acceptors (Lipinski definition) is 5. The molecule has 2 rings (SSSR count). The third-order valence-corrected chi connectivity index (χ3v) is 3.35. The highest BCUT2D eigenvalue weighted by Gasteiger charge is 2.27. The Labute approximate surface area is 115 Å². The summed E-state index contributed by atoms with van der Waals surface area (Å²) in [6, 6.07) is 5.90. The predicted octanol–water partition coefficient (Wildman–Crippen LogP) is 1.38. The third-order valence-electron chi connectivity index (χ3n) is 3.35. The molecule has 7 nitrogen and oxygen atoms in total. The summed E-state index contributed by atoms with van der Waals surface area (Å²) in [6.45, 7) is 2.41. The number of nitro groups is 1. The topological polar surface area (TPSA) is 92.9 Å². The van der Waals surface area contributed by atoms with Crippen molar-refractivity contribution in [2.75, 3.05) is 26.2 Å². The molecule has 1 unspecified atom stereocenters. The molecule has 108 valence electrons. The lowest BCUT2D eigenvalue weighted by Crippen LogP contribution is -2.27. The van der Waals surface area contributed by atoms with Gasteiger partial charge in [0.05, 0.1) is 10.8 Å². The molecule has 7 heteroatoms. The molecular weight excluding hydrogens is 264 g/mol. The van der Waals surface area contributed by atoms with E-state index in [1.165, 1.54) is 12.1 Å². The molecule has 1 N–H and O–H groups in total. The molecule has 0 radical (unpaired) electrons. The first-order valence-corrected chi connectivity index (χ1v) is 6.38. The molecule has 0 aliphatic carbocycles. The normalized spacial score (nSPS) is 18.9. The van der Waals surface area contributed by atoms with Gasteiger partial charge >= 0.3 is 5.97 Å². The van der Waals surface area contributed by atoms with Gasteiger partial charge in [0.1, 0.15) is 12.4 Å². The Bertz CT molecular complexity index is 488. The highest BCUT2D eigenvalue weighted by Crippen LogP contribution is 2.18. The second-order valence-electron chi connectivity index (χ2n) is 4.72. The van der Waals surface area contributed by atoms with Crippen molar-refractivity contribution in [3.05, 3.63) is 34.4 Å². The SMILES string of the molecule is O=C(O)C1CCN(CCOc2ccc([N+](=O)[O-])cc2)C1. The summed E-state index contributed by atoms with van der Waals surface area (Å²) in [5, 5.41) is 19.4. The lowest BCUT2D eigenvalue weighted by Gasteiger charge is -2.15. The summed E-state index contributed by atoms with van der Waals surface area (Å²) in [6.07, 6.45) is 0.673. The first-order valence-electron chi connectivity index (χ1n) is 6.38. The van der Waals surface area contributed by atoms with Gasteiger partial charge in [-0.05, 0) is 25.1 Å². The Morgan fingerprint density at radius 2 is 2.15 bits per heavy atom. The number of carbonyl (C=O) groups is 1. The molecule has 1 aliphatic heterocycles. The number of nitrogens with zero attached hydrogens (tertiary/aromatic N) is 2. The fourth-order valence-electron chi connectivity index (χ4n) is 2.19. The number of benzene rings is 1. The molecule has 1 atom stereocenters. The number of ether oxygens (including phenoxy) is 1. The van der Waals surface area contributed by atoms with Crippen LogP contribution in [0, 0.1) is 16.0 Å². The molecule has 1 aromatic carbocycles. The number of aliphatic carboxylic acids is 1. The van der Waals surface area contributed by atoms with Crippen LogP contribution in [0.3, 0.4) is 0 Å². The Morgan fingerprint density at radius 3 is 2.70 bits per heavy atom. The van der Waals surface area contributed by atoms with E-state index in [9.17, 15) is 14.9 Å². The van der Waals surface area contributed by atoms with Crippen molar-refractivity contribution in [1.82, 2.24) is 4.90 Å². The fourth-order valence-corrected chi connectivity index (χ4v) is 2.19. The van der Waals surface area contributed by atoms with Crippen LogP contribution >= 0.6 is 0 Å². The number of non-ortho nitro benzene ring substituents is 1. The van der Waals surface area contributed by atoms with Crippen molar-refractivity contribution < 1.29 is 19.6 Å². The van der Waals surface area contributed by atoms with E-state index in [1.54, 1.807) is 12.1 Å².